The third-order valence-corrected chi connectivity index (χ3v) is 3.38. The van der Waals surface area contributed by atoms with Crippen molar-refractivity contribution in [3.8, 4) is 0 Å². The van der Waals surface area contributed by atoms with Gasteiger partial charge in [0, 0.05) is 25.3 Å². The van der Waals surface area contributed by atoms with Crippen molar-refractivity contribution in [3.63, 3.8) is 0 Å². The lowest BCUT2D eigenvalue weighted by Gasteiger charge is -2.29. The Kier molecular flexibility index (Phi) is 4.75. The van der Waals surface area contributed by atoms with Crippen LogP contribution in [-0.4, -0.2) is 40.8 Å². The standard InChI is InChI=1S/C13H22N4O/c1-2-14-13-15-8-7-12(16-13)17(9-10-18)11-5-3-4-6-11/h7-8,11,18H,2-6,9-10H2,1H3,(H,14,15,16). The van der Waals surface area contributed by atoms with Crippen LogP contribution in [0.3, 0.4) is 0 Å². The number of nitrogens with zero attached hydrogens (tertiary/aromatic N) is 3. The first-order chi connectivity index (χ1) is 8.85. The van der Waals surface area contributed by atoms with E-state index in [4.69, 9.17) is 0 Å². The molecule has 5 nitrogen and oxygen atoms in total. The van der Waals surface area contributed by atoms with E-state index in [1.165, 1.54) is 25.7 Å². The van der Waals surface area contributed by atoms with Gasteiger partial charge in [-0.05, 0) is 25.8 Å². The summed E-state index contributed by atoms with van der Waals surface area (Å²) in [7, 11) is 0. The van der Waals surface area contributed by atoms with E-state index in [0.717, 1.165) is 12.4 Å². The second-order valence-corrected chi connectivity index (χ2v) is 4.62. The van der Waals surface area contributed by atoms with Crippen LogP contribution in [-0.2, 0) is 0 Å². The molecule has 100 valence electrons. The van der Waals surface area contributed by atoms with Crippen molar-refractivity contribution in [2.24, 2.45) is 0 Å². The van der Waals surface area contributed by atoms with E-state index in [1.807, 2.05) is 13.0 Å². The minimum absolute atomic E-state index is 0.164. The van der Waals surface area contributed by atoms with Crippen LogP contribution in [0.1, 0.15) is 32.6 Å². The first-order valence-corrected chi connectivity index (χ1v) is 6.79. The Morgan fingerprint density at radius 3 is 2.89 bits per heavy atom. The van der Waals surface area contributed by atoms with Crippen molar-refractivity contribution < 1.29 is 5.11 Å². The van der Waals surface area contributed by atoms with Crippen molar-refractivity contribution in [2.45, 2.75) is 38.6 Å². The smallest absolute Gasteiger partial charge is 0.224 e. The van der Waals surface area contributed by atoms with Gasteiger partial charge in [0.05, 0.1) is 6.61 Å². The molecular formula is C13H22N4O. The van der Waals surface area contributed by atoms with Crippen LogP contribution in [0.5, 0.6) is 0 Å². The summed E-state index contributed by atoms with van der Waals surface area (Å²) >= 11 is 0. The summed E-state index contributed by atoms with van der Waals surface area (Å²) in [5.41, 5.74) is 0. The van der Waals surface area contributed by atoms with Crippen LogP contribution >= 0.6 is 0 Å². The zero-order valence-corrected chi connectivity index (χ0v) is 11.0. The molecule has 0 radical (unpaired) electrons. The van der Waals surface area contributed by atoms with Gasteiger partial charge < -0.3 is 15.3 Å². The Labute approximate surface area is 108 Å². The van der Waals surface area contributed by atoms with Crippen LogP contribution in [0.25, 0.3) is 0 Å². The summed E-state index contributed by atoms with van der Waals surface area (Å²) in [4.78, 5) is 10.9. The number of hydrogen-bond acceptors (Lipinski definition) is 5. The molecule has 1 aliphatic rings. The van der Waals surface area contributed by atoms with Crippen molar-refractivity contribution >= 4 is 11.8 Å². The predicted molar refractivity (Wildman–Crippen MR) is 72.9 cm³/mol. The second-order valence-electron chi connectivity index (χ2n) is 4.62. The monoisotopic (exact) mass is 250 g/mol. The lowest BCUT2D eigenvalue weighted by Crippen LogP contribution is -2.36. The van der Waals surface area contributed by atoms with Crippen molar-refractivity contribution in [2.75, 3.05) is 29.9 Å². The molecule has 0 saturated heterocycles. The molecule has 0 spiro atoms. The fourth-order valence-electron chi connectivity index (χ4n) is 2.56. The van der Waals surface area contributed by atoms with Gasteiger partial charge in [-0.25, -0.2) is 4.98 Å². The number of anilines is 2. The Hall–Kier alpha value is -1.36. The van der Waals surface area contributed by atoms with Gasteiger partial charge in [-0.15, -0.1) is 0 Å². The molecule has 1 aromatic rings. The molecule has 0 atom stereocenters. The number of hydrogen-bond donors (Lipinski definition) is 2. The summed E-state index contributed by atoms with van der Waals surface area (Å²) in [6.07, 6.45) is 6.72. The zero-order valence-electron chi connectivity index (χ0n) is 11.0. The third kappa shape index (κ3) is 3.10. The number of aliphatic hydroxyl groups excluding tert-OH is 1. The molecule has 0 bridgehead atoms. The number of aromatic nitrogens is 2. The highest BCUT2D eigenvalue weighted by molar-refractivity contribution is 5.43. The van der Waals surface area contributed by atoms with Gasteiger partial charge in [0.2, 0.25) is 5.95 Å². The third-order valence-electron chi connectivity index (χ3n) is 3.38. The fourth-order valence-corrected chi connectivity index (χ4v) is 2.56. The maximum absolute atomic E-state index is 9.23. The summed E-state index contributed by atoms with van der Waals surface area (Å²) in [5, 5.41) is 12.4. The minimum Gasteiger partial charge on any atom is -0.395 e. The van der Waals surface area contributed by atoms with E-state index < -0.39 is 0 Å². The largest absolute Gasteiger partial charge is 0.395 e. The molecule has 0 aliphatic heterocycles. The van der Waals surface area contributed by atoms with Crippen molar-refractivity contribution in [1.82, 2.24) is 9.97 Å². The van der Waals surface area contributed by atoms with Crippen molar-refractivity contribution in [1.29, 1.82) is 0 Å². The molecular weight excluding hydrogens is 228 g/mol. The van der Waals surface area contributed by atoms with Crippen LogP contribution in [0.15, 0.2) is 12.3 Å². The normalized spacial score (nSPS) is 15.9. The van der Waals surface area contributed by atoms with E-state index in [-0.39, 0.29) is 6.61 Å². The molecule has 0 amide bonds. The number of rotatable bonds is 6. The average molecular weight is 250 g/mol. The predicted octanol–water partition coefficient (Wildman–Crippen LogP) is 1.65. The fraction of sp³-hybridized carbons (Fsp3) is 0.692. The lowest BCUT2D eigenvalue weighted by atomic mass is 10.2. The van der Waals surface area contributed by atoms with Gasteiger partial charge in [0.15, 0.2) is 0 Å². The number of nitrogens with one attached hydrogen (secondary N) is 1. The van der Waals surface area contributed by atoms with E-state index in [9.17, 15) is 5.11 Å². The molecule has 1 aliphatic carbocycles. The molecule has 1 fully saturated rings. The molecule has 18 heavy (non-hydrogen) atoms. The molecule has 2 rings (SSSR count). The Morgan fingerprint density at radius 1 is 1.44 bits per heavy atom. The Morgan fingerprint density at radius 2 is 2.22 bits per heavy atom. The lowest BCUT2D eigenvalue weighted by molar-refractivity contribution is 0.297. The number of aliphatic hydroxyl groups is 1. The highest BCUT2D eigenvalue weighted by Gasteiger charge is 2.23. The summed E-state index contributed by atoms with van der Waals surface area (Å²) < 4.78 is 0. The maximum atomic E-state index is 9.23. The van der Waals surface area contributed by atoms with Crippen LogP contribution in [0.4, 0.5) is 11.8 Å². The molecule has 0 aromatic carbocycles. The molecule has 1 saturated carbocycles. The van der Waals surface area contributed by atoms with Crippen LogP contribution in [0.2, 0.25) is 0 Å². The molecule has 1 aromatic heterocycles. The van der Waals surface area contributed by atoms with Gasteiger partial charge in [0.25, 0.3) is 0 Å². The van der Waals surface area contributed by atoms with Gasteiger partial charge in [0.1, 0.15) is 5.82 Å². The van der Waals surface area contributed by atoms with E-state index in [0.29, 0.717) is 18.5 Å². The highest BCUT2D eigenvalue weighted by Crippen LogP contribution is 2.27. The van der Waals surface area contributed by atoms with Gasteiger partial charge >= 0.3 is 0 Å². The summed E-state index contributed by atoms with van der Waals surface area (Å²) in [6.45, 7) is 3.65. The first-order valence-electron chi connectivity index (χ1n) is 6.79. The quantitative estimate of drug-likeness (QED) is 0.804. The Balaban J connectivity index is 2.15. The maximum Gasteiger partial charge on any atom is 0.224 e. The second kappa shape index (κ2) is 6.54. The summed E-state index contributed by atoms with van der Waals surface area (Å²) in [6, 6.07) is 2.44. The minimum atomic E-state index is 0.164. The van der Waals surface area contributed by atoms with Gasteiger partial charge in [-0.3, -0.25) is 0 Å². The van der Waals surface area contributed by atoms with E-state index in [2.05, 4.69) is 20.2 Å². The highest BCUT2D eigenvalue weighted by atomic mass is 16.3. The first kappa shape index (κ1) is 13.1. The van der Waals surface area contributed by atoms with Crippen molar-refractivity contribution in [3.05, 3.63) is 12.3 Å². The van der Waals surface area contributed by atoms with Crippen LogP contribution < -0.4 is 10.2 Å². The molecule has 1 heterocycles. The van der Waals surface area contributed by atoms with Gasteiger partial charge in [-0.1, -0.05) is 12.8 Å². The van der Waals surface area contributed by atoms with Crippen LogP contribution in [0, 0.1) is 0 Å². The molecule has 5 heteroatoms. The SMILES string of the molecule is CCNc1nccc(N(CCO)C2CCCC2)n1. The van der Waals surface area contributed by atoms with Gasteiger partial charge in [-0.2, -0.15) is 4.98 Å². The summed E-state index contributed by atoms with van der Waals surface area (Å²) in [5.74, 6) is 1.58. The van der Waals surface area contributed by atoms with E-state index in [1.54, 1.807) is 6.20 Å². The topological polar surface area (TPSA) is 61.3 Å². The molecule has 0 unspecified atom stereocenters. The Bertz CT molecular complexity index is 366. The zero-order chi connectivity index (χ0) is 12.8. The molecule has 2 N–H and O–H groups in total. The van der Waals surface area contributed by atoms with E-state index >= 15 is 0 Å². The average Bonchev–Trinajstić information content (AvgIpc) is 2.90.